The number of aromatic nitrogens is 6. The first-order valence-corrected chi connectivity index (χ1v) is 12.7. The Morgan fingerprint density at radius 3 is 2.86 bits per heavy atom. The highest BCUT2D eigenvalue weighted by Gasteiger charge is 2.15. The summed E-state index contributed by atoms with van der Waals surface area (Å²) >= 11 is 1.61. The lowest BCUT2D eigenvalue weighted by atomic mass is 10.2. The number of rotatable bonds is 11. The minimum Gasteiger partial charge on any atom is -0.378 e. The Morgan fingerprint density at radius 1 is 1.20 bits per heavy atom. The van der Waals surface area contributed by atoms with Crippen molar-refractivity contribution in [3.8, 4) is 0 Å². The Morgan fingerprint density at radius 2 is 2.06 bits per heavy atom. The van der Waals surface area contributed by atoms with Crippen molar-refractivity contribution in [2.24, 2.45) is 5.10 Å². The molecule has 0 spiro atoms. The summed E-state index contributed by atoms with van der Waals surface area (Å²) in [5.74, 6) is 3.07. The normalized spacial score (nSPS) is 14.2. The molecule has 186 valence electrons. The van der Waals surface area contributed by atoms with E-state index < -0.39 is 0 Å². The van der Waals surface area contributed by atoms with Crippen LogP contribution in [-0.2, 0) is 17.7 Å². The van der Waals surface area contributed by atoms with Crippen LogP contribution in [0.1, 0.15) is 17.0 Å². The lowest BCUT2D eigenvalue weighted by Gasteiger charge is -2.28. The van der Waals surface area contributed by atoms with Gasteiger partial charge in [0.2, 0.25) is 5.16 Å². The summed E-state index contributed by atoms with van der Waals surface area (Å²) < 4.78 is 7.34. The van der Waals surface area contributed by atoms with E-state index in [9.17, 15) is 0 Å². The van der Waals surface area contributed by atoms with E-state index in [0.29, 0.717) is 25.5 Å². The van der Waals surface area contributed by atoms with Gasteiger partial charge in [0, 0.05) is 37.9 Å². The second-order valence-corrected chi connectivity index (χ2v) is 9.56. The first-order chi connectivity index (χ1) is 17.1. The third-order valence-electron chi connectivity index (χ3n) is 5.34. The molecule has 0 atom stereocenters. The Balaban J connectivity index is 1.43. The fourth-order valence-corrected chi connectivity index (χ4v) is 4.34. The molecule has 0 bridgehead atoms. The maximum absolute atomic E-state index is 5.51. The third kappa shape index (κ3) is 7.70. The van der Waals surface area contributed by atoms with E-state index in [4.69, 9.17) is 14.7 Å². The highest BCUT2D eigenvalue weighted by atomic mass is 32.2. The van der Waals surface area contributed by atoms with Crippen molar-refractivity contribution in [2.75, 3.05) is 63.0 Å². The van der Waals surface area contributed by atoms with Crippen LogP contribution in [0.5, 0.6) is 0 Å². The highest BCUT2D eigenvalue weighted by molar-refractivity contribution is 7.99. The highest BCUT2D eigenvalue weighted by Crippen LogP contribution is 2.20. The van der Waals surface area contributed by atoms with Crippen LogP contribution in [-0.4, -0.2) is 94.0 Å². The van der Waals surface area contributed by atoms with Gasteiger partial charge in [-0.2, -0.15) is 5.10 Å². The van der Waals surface area contributed by atoms with E-state index >= 15 is 0 Å². The van der Waals surface area contributed by atoms with E-state index in [-0.39, 0.29) is 0 Å². The molecule has 1 fully saturated rings. The smallest absolute Gasteiger partial charge is 0.209 e. The summed E-state index contributed by atoms with van der Waals surface area (Å²) in [5, 5.41) is 17.3. The third-order valence-corrected chi connectivity index (χ3v) is 6.30. The van der Waals surface area contributed by atoms with Crippen molar-refractivity contribution < 1.29 is 4.74 Å². The molecule has 1 aliphatic rings. The van der Waals surface area contributed by atoms with Crippen LogP contribution in [0.15, 0.2) is 40.6 Å². The quantitative estimate of drug-likeness (QED) is 0.240. The van der Waals surface area contributed by atoms with Gasteiger partial charge in [-0.25, -0.2) is 14.6 Å². The van der Waals surface area contributed by atoms with Gasteiger partial charge in [0.15, 0.2) is 5.82 Å². The summed E-state index contributed by atoms with van der Waals surface area (Å²) in [4.78, 5) is 13.9. The minimum absolute atomic E-state index is 0.668. The summed E-state index contributed by atoms with van der Waals surface area (Å²) in [6, 6.07) is 10.1. The standard InChI is InChI=1S/C23H32N10OS/c1-18-5-4-6-19(15-18)17-24-27-21-16-22(32-10-12-34-13-11-32)26-20(25-21)7-14-35-23-28-29-30-33(23)9-8-31(2)3/h4-6,15-17H,7-14H2,1-3H3,(H,25,26,27). The second-order valence-electron chi connectivity index (χ2n) is 8.50. The number of benzene rings is 1. The van der Waals surface area contributed by atoms with Crippen LogP contribution >= 0.6 is 11.8 Å². The van der Waals surface area contributed by atoms with Crippen LogP contribution < -0.4 is 10.3 Å². The van der Waals surface area contributed by atoms with Gasteiger partial charge in [0.05, 0.1) is 26.0 Å². The molecule has 3 aromatic rings. The predicted octanol–water partition coefficient (Wildman–Crippen LogP) is 1.95. The Kier molecular flexibility index (Phi) is 8.98. The average molecular weight is 497 g/mol. The monoisotopic (exact) mass is 496 g/mol. The minimum atomic E-state index is 0.668. The lowest BCUT2D eigenvalue weighted by Crippen LogP contribution is -2.37. The molecular formula is C23H32N10OS. The van der Waals surface area contributed by atoms with Gasteiger partial charge in [0.1, 0.15) is 11.6 Å². The molecule has 1 aromatic carbocycles. The van der Waals surface area contributed by atoms with Crippen LogP contribution in [0.4, 0.5) is 11.6 Å². The molecule has 3 heterocycles. The van der Waals surface area contributed by atoms with Gasteiger partial charge in [-0.05, 0) is 37.0 Å². The van der Waals surface area contributed by atoms with Crippen molar-refractivity contribution in [1.29, 1.82) is 0 Å². The number of hydrogen-bond donors (Lipinski definition) is 1. The van der Waals surface area contributed by atoms with Gasteiger partial charge >= 0.3 is 0 Å². The number of nitrogens with one attached hydrogen (secondary N) is 1. The summed E-state index contributed by atoms with van der Waals surface area (Å²) in [5.41, 5.74) is 5.31. The first kappa shape index (κ1) is 25.0. The van der Waals surface area contributed by atoms with E-state index in [0.717, 1.165) is 54.3 Å². The number of tetrazole rings is 1. The number of aryl methyl sites for hydroxylation is 2. The number of hydrogen-bond acceptors (Lipinski definition) is 11. The van der Waals surface area contributed by atoms with E-state index in [1.165, 1.54) is 5.56 Å². The van der Waals surface area contributed by atoms with Crippen molar-refractivity contribution >= 4 is 29.6 Å². The fourth-order valence-electron chi connectivity index (χ4n) is 3.50. The maximum atomic E-state index is 5.51. The van der Waals surface area contributed by atoms with Crippen molar-refractivity contribution in [2.45, 2.75) is 25.0 Å². The van der Waals surface area contributed by atoms with Crippen molar-refractivity contribution in [1.82, 2.24) is 35.1 Å². The Hall–Kier alpha value is -3.09. The molecular weight excluding hydrogens is 464 g/mol. The number of thioether (sulfide) groups is 1. The molecule has 2 aromatic heterocycles. The summed E-state index contributed by atoms with van der Waals surface area (Å²) in [6.07, 6.45) is 2.48. The molecule has 0 aliphatic carbocycles. The number of anilines is 2. The number of ether oxygens (including phenoxy) is 1. The van der Waals surface area contributed by atoms with Gasteiger partial charge in [-0.1, -0.05) is 41.6 Å². The molecule has 0 amide bonds. The summed E-state index contributed by atoms with van der Waals surface area (Å²) in [6.45, 7) is 6.68. The predicted molar refractivity (Wildman–Crippen MR) is 138 cm³/mol. The van der Waals surface area contributed by atoms with Crippen LogP contribution in [0.2, 0.25) is 0 Å². The molecule has 0 unspecified atom stereocenters. The SMILES string of the molecule is Cc1cccc(C=NNc2cc(N3CCOCC3)nc(CCSc3nnnn3CCN(C)C)n2)c1. The van der Waals surface area contributed by atoms with Gasteiger partial charge < -0.3 is 14.5 Å². The fraction of sp³-hybridized carbons (Fsp3) is 0.478. The number of morpholine rings is 1. The molecule has 1 N–H and O–H groups in total. The van der Waals surface area contributed by atoms with Gasteiger partial charge in [-0.3, -0.25) is 5.43 Å². The van der Waals surface area contributed by atoms with E-state index in [1.807, 2.05) is 37.0 Å². The zero-order chi connectivity index (χ0) is 24.5. The first-order valence-electron chi connectivity index (χ1n) is 11.7. The molecule has 1 aliphatic heterocycles. The molecule has 11 nitrogen and oxygen atoms in total. The van der Waals surface area contributed by atoms with E-state index in [2.05, 4.69) is 54.9 Å². The number of likely N-dealkylation sites (N-methyl/N-ethyl adjacent to an activating group) is 1. The molecule has 1 saturated heterocycles. The zero-order valence-electron chi connectivity index (χ0n) is 20.5. The van der Waals surface area contributed by atoms with Crippen LogP contribution in [0.25, 0.3) is 0 Å². The second kappa shape index (κ2) is 12.6. The molecule has 35 heavy (non-hydrogen) atoms. The number of nitrogens with zero attached hydrogens (tertiary/aromatic N) is 9. The van der Waals surface area contributed by atoms with Crippen molar-refractivity contribution in [3.63, 3.8) is 0 Å². The maximum Gasteiger partial charge on any atom is 0.209 e. The van der Waals surface area contributed by atoms with Gasteiger partial charge in [0.25, 0.3) is 0 Å². The number of hydrazone groups is 1. The average Bonchev–Trinajstić information content (AvgIpc) is 3.30. The molecule has 4 rings (SSSR count). The van der Waals surface area contributed by atoms with Crippen molar-refractivity contribution in [3.05, 3.63) is 47.3 Å². The zero-order valence-corrected chi connectivity index (χ0v) is 21.3. The Bertz CT molecular complexity index is 1110. The van der Waals surface area contributed by atoms with E-state index in [1.54, 1.807) is 18.0 Å². The van der Waals surface area contributed by atoms with Crippen LogP contribution in [0.3, 0.4) is 0 Å². The molecule has 0 saturated carbocycles. The van der Waals surface area contributed by atoms with Gasteiger partial charge in [-0.15, -0.1) is 5.10 Å². The van der Waals surface area contributed by atoms with Crippen LogP contribution in [0, 0.1) is 6.92 Å². The topological polar surface area (TPSA) is 109 Å². The summed E-state index contributed by atoms with van der Waals surface area (Å²) in [7, 11) is 4.07. The largest absolute Gasteiger partial charge is 0.378 e. The molecule has 12 heteroatoms. The molecule has 0 radical (unpaired) electrons. The lowest BCUT2D eigenvalue weighted by molar-refractivity contribution is 0.122. The Labute approximate surface area is 210 Å².